The summed E-state index contributed by atoms with van der Waals surface area (Å²) in [6.45, 7) is 2.76. The van der Waals surface area contributed by atoms with Crippen LogP contribution in [0.4, 0.5) is 4.39 Å². The molecule has 1 aromatic carbocycles. The third kappa shape index (κ3) is 4.61. The van der Waals surface area contributed by atoms with Gasteiger partial charge in [0.05, 0.1) is 13.2 Å². The number of hydrogen-bond acceptors (Lipinski definition) is 4. The average molecular weight is 363 g/mol. The van der Waals surface area contributed by atoms with Gasteiger partial charge in [-0.15, -0.1) is 0 Å². The van der Waals surface area contributed by atoms with Gasteiger partial charge in [-0.05, 0) is 24.8 Å². The minimum atomic E-state index is -0.641. The van der Waals surface area contributed by atoms with E-state index >= 15 is 0 Å². The quantitative estimate of drug-likeness (QED) is 0.813. The van der Waals surface area contributed by atoms with E-state index < -0.39 is 6.04 Å². The van der Waals surface area contributed by atoms with E-state index in [0.717, 1.165) is 12.8 Å². The third-order valence-corrected chi connectivity index (χ3v) is 5.66. The van der Waals surface area contributed by atoms with Gasteiger partial charge in [0.15, 0.2) is 0 Å². The Morgan fingerprint density at radius 2 is 1.92 bits per heavy atom. The van der Waals surface area contributed by atoms with Crippen molar-refractivity contribution < 1.29 is 13.9 Å². The summed E-state index contributed by atoms with van der Waals surface area (Å²) in [6, 6.07) is 5.86. The summed E-state index contributed by atoms with van der Waals surface area (Å²) >= 11 is 0. The lowest BCUT2D eigenvalue weighted by Gasteiger charge is -2.36. The first kappa shape index (κ1) is 19.3. The Labute approximate surface area is 155 Å². The molecule has 144 valence electrons. The number of rotatable bonds is 6. The van der Waals surface area contributed by atoms with Gasteiger partial charge in [0.1, 0.15) is 11.9 Å². The standard InChI is InChI=1S/C20H30FN3O2/c21-17-9-5-4-8-16(17)19(24-10-12-26-13-11-24)20(25)23-18(14-22)15-6-2-1-3-7-15/h4-5,8-9,15,18-19H,1-3,6-7,10-14,22H2,(H,23,25). The van der Waals surface area contributed by atoms with Crippen molar-refractivity contribution in [2.45, 2.75) is 44.2 Å². The molecule has 1 aromatic rings. The minimum absolute atomic E-state index is 0.0434. The molecule has 2 aliphatic rings. The number of amides is 1. The molecular weight excluding hydrogens is 333 g/mol. The van der Waals surface area contributed by atoms with Crippen LogP contribution in [0.25, 0.3) is 0 Å². The van der Waals surface area contributed by atoms with Crippen molar-refractivity contribution in [2.24, 2.45) is 11.7 Å². The molecule has 0 radical (unpaired) electrons. The zero-order chi connectivity index (χ0) is 18.4. The van der Waals surface area contributed by atoms with Crippen LogP contribution in [0.2, 0.25) is 0 Å². The summed E-state index contributed by atoms with van der Waals surface area (Å²) in [4.78, 5) is 15.2. The van der Waals surface area contributed by atoms with Crippen LogP contribution in [0.1, 0.15) is 43.7 Å². The molecule has 0 aromatic heterocycles. The van der Waals surface area contributed by atoms with Gasteiger partial charge in [0, 0.05) is 31.2 Å². The molecule has 0 spiro atoms. The van der Waals surface area contributed by atoms with Crippen LogP contribution in [0.3, 0.4) is 0 Å². The number of carbonyl (C=O) groups is 1. The van der Waals surface area contributed by atoms with E-state index in [0.29, 0.717) is 44.3 Å². The van der Waals surface area contributed by atoms with Crippen molar-refractivity contribution in [3.63, 3.8) is 0 Å². The maximum atomic E-state index is 14.5. The fourth-order valence-corrected chi connectivity index (χ4v) is 4.20. The van der Waals surface area contributed by atoms with Gasteiger partial charge >= 0.3 is 0 Å². The van der Waals surface area contributed by atoms with Gasteiger partial charge in [-0.25, -0.2) is 4.39 Å². The summed E-state index contributed by atoms with van der Waals surface area (Å²) < 4.78 is 19.9. The zero-order valence-corrected chi connectivity index (χ0v) is 15.3. The molecule has 3 N–H and O–H groups in total. The Bertz CT molecular complexity index is 586. The predicted molar refractivity (Wildman–Crippen MR) is 99.1 cm³/mol. The van der Waals surface area contributed by atoms with Gasteiger partial charge in [0.2, 0.25) is 5.91 Å². The zero-order valence-electron chi connectivity index (χ0n) is 15.3. The van der Waals surface area contributed by atoms with E-state index in [2.05, 4.69) is 5.32 Å². The number of benzene rings is 1. The van der Waals surface area contributed by atoms with Crippen molar-refractivity contribution in [1.29, 1.82) is 0 Å². The van der Waals surface area contributed by atoms with E-state index in [1.165, 1.54) is 25.3 Å². The Hall–Kier alpha value is -1.50. The van der Waals surface area contributed by atoms with Crippen LogP contribution in [0.15, 0.2) is 24.3 Å². The summed E-state index contributed by atoms with van der Waals surface area (Å²) in [6.07, 6.45) is 5.84. The lowest BCUT2D eigenvalue weighted by atomic mass is 9.83. The van der Waals surface area contributed by atoms with Gasteiger partial charge in [0.25, 0.3) is 0 Å². The number of ether oxygens (including phenoxy) is 1. The normalized spacial score (nSPS) is 21.9. The van der Waals surface area contributed by atoms with Crippen LogP contribution >= 0.6 is 0 Å². The molecule has 1 amide bonds. The van der Waals surface area contributed by atoms with Gasteiger partial charge in [-0.3, -0.25) is 9.69 Å². The van der Waals surface area contributed by atoms with E-state index in [9.17, 15) is 9.18 Å². The van der Waals surface area contributed by atoms with Crippen LogP contribution in [-0.2, 0) is 9.53 Å². The highest BCUT2D eigenvalue weighted by Gasteiger charge is 2.33. The van der Waals surface area contributed by atoms with Crippen molar-refractivity contribution in [3.05, 3.63) is 35.6 Å². The smallest absolute Gasteiger partial charge is 0.242 e. The summed E-state index contributed by atoms with van der Waals surface area (Å²) in [5.74, 6) is -0.0808. The van der Waals surface area contributed by atoms with Gasteiger partial charge in [-0.1, -0.05) is 37.5 Å². The number of morpholine rings is 1. The van der Waals surface area contributed by atoms with Crippen LogP contribution < -0.4 is 11.1 Å². The predicted octanol–water partition coefficient (Wildman–Crippen LogP) is 2.22. The highest BCUT2D eigenvalue weighted by Crippen LogP contribution is 2.28. The maximum absolute atomic E-state index is 14.5. The monoisotopic (exact) mass is 363 g/mol. The SMILES string of the molecule is NCC(NC(=O)C(c1ccccc1F)N1CCOCC1)C1CCCCC1. The maximum Gasteiger partial charge on any atom is 0.242 e. The molecule has 2 unspecified atom stereocenters. The molecular formula is C20H30FN3O2. The molecule has 0 bridgehead atoms. The first-order valence-corrected chi connectivity index (χ1v) is 9.77. The van der Waals surface area contributed by atoms with E-state index in [-0.39, 0.29) is 17.8 Å². The number of hydrogen-bond donors (Lipinski definition) is 2. The summed E-state index contributed by atoms with van der Waals surface area (Å²) in [5, 5.41) is 3.15. The molecule has 5 nitrogen and oxygen atoms in total. The number of nitrogens with two attached hydrogens (primary N) is 1. The minimum Gasteiger partial charge on any atom is -0.379 e. The van der Waals surface area contributed by atoms with E-state index in [1.54, 1.807) is 18.2 Å². The second-order valence-electron chi connectivity index (χ2n) is 7.32. The second kappa shape index (κ2) is 9.44. The summed E-state index contributed by atoms with van der Waals surface area (Å²) in [7, 11) is 0. The first-order valence-electron chi connectivity index (χ1n) is 9.77. The molecule has 1 saturated carbocycles. The van der Waals surface area contributed by atoms with E-state index in [4.69, 9.17) is 10.5 Å². The third-order valence-electron chi connectivity index (χ3n) is 5.66. The number of nitrogens with one attached hydrogen (secondary N) is 1. The molecule has 26 heavy (non-hydrogen) atoms. The average Bonchev–Trinajstić information content (AvgIpc) is 2.69. The van der Waals surface area contributed by atoms with Crippen LogP contribution in [-0.4, -0.2) is 49.7 Å². The number of nitrogens with zero attached hydrogens (tertiary/aromatic N) is 1. The molecule has 3 rings (SSSR count). The Balaban J connectivity index is 1.78. The van der Waals surface area contributed by atoms with Gasteiger partial charge < -0.3 is 15.8 Å². The number of halogens is 1. The van der Waals surface area contributed by atoms with Crippen molar-refractivity contribution in [3.8, 4) is 0 Å². The van der Waals surface area contributed by atoms with E-state index in [1.807, 2.05) is 4.90 Å². The molecule has 1 aliphatic heterocycles. The van der Waals surface area contributed by atoms with Gasteiger partial charge in [-0.2, -0.15) is 0 Å². The molecule has 2 fully saturated rings. The molecule has 1 saturated heterocycles. The highest BCUT2D eigenvalue weighted by molar-refractivity contribution is 5.83. The summed E-state index contributed by atoms with van der Waals surface area (Å²) in [5.41, 5.74) is 6.40. The largest absolute Gasteiger partial charge is 0.379 e. The number of carbonyl (C=O) groups excluding carboxylic acids is 1. The lowest BCUT2D eigenvalue weighted by molar-refractivity contribution is -0.129. The molecule has 1 heterocycles. The molecule has 6 heteroatoms. The van der Waals surface area contributed by atoms with Crippen LogP contribution in [0, 0.1) is 11.7 Å². The highest BCUT2D eigenvalue weighted by atomic mass is 19.1. The first-order chi connectivity index (χ1) is 12.7. The van der Waals surface area contributed by atoms with Crippen molar-refractivity contribution in [2.75, 3.05) is 32.8 Å². The fourth-order valence-electron chi connectivity index (χ4n) is 4.20. The fraction of sp³-hybridized carbons (Fsp3) is 0.650. The topological polar surface area (TPSA) is 67.6 Å². The Morgan fingerprint density at radius 3 is 2.58 bits per heavy atom. The second-order valence-corrected chi connectivity index (χ2v) is 7.32. The Morgan fingerprint density at radius 1 is 1.23 bits per heavy atom. The van der Waals surface area contributed by atoms with Crippen molar-refractivity contribution >= 4 is 5.91 Å². The van der Waals surface area contributed by atoms with Crippen molar-refractivity contribution in [1.82, 2.24) is 10.2 Å². The molecule has 1 aliphatic carbocycles. The molecule has 2 atom stereocenters. The lowest BCUT2D eigenvalue weighted by Crippen LogP contribution is -2.52. The Kier molecular flexibility index (Phi) is 7.00. The van der Waals surface area contributed by atoms with Crippen LogP contribution in [0.5, 0.6) is 0 Å².